The van der Waals surface area contributed by atoms with Gasteiger partial charge in [-0.05, 0) is 222 Å². The second kappa shape index (κ2) is 63.5. The molecule has 0 spiro atoms. The fraction of sp³-hybridized carbons (Fsp3) is 0.491. The Hall–Kier alpha value is -6.28. The number of hydroxylamine groups is 2. The van der Waals surface area contributed by atoms with E-state index in [1.54, 1.807) is 43.1 Å². The standard InChI is InChI=1S/C28H38ClNO4.C23H26ClNO3.C23H30ClNO2.C13H24N2O4.C12H8BrCl.C5H11O.C4H9.ClH.Li.Mg/c1-27(2,3)34-26(31)30-18-11-12-21(20-30)28(32,17-9-10-19-33-4)24-15-7-5-13-22(24)23-14-6-8-16-25(23)29;1-23(2,3)28-22(27)25-14-8-9-16(15-25)21(26)19-12-5-4-10-17(19)18-11-6-7-13-20(18)24;1-27-16-7-6-14-23(26,18-9-8-15-25-17-18)21-12-4-2-10-19(21)20-11-3-5-13-22(20)24;1-13(2,3)19-12(17)15-8-6-7-10(9-15)11(16)14(4)18-5;13-11-7-3-1-5-9(11)10-6-2-4-8-12(10)14;1-3-4-5-6-2;1-3-4-2;;;/h5-8,13-16,21,32H,9-12,17-20H2,1-4H3;4-7,10-13,16H,8-9,14-15H2,1-3H3;2-5,10-13,18,25-26H,6-9,14-17H2,1H3;10H,6-9H2,1-5H3;1-8H;1,3-5H2,2H3;1,3-4H2,2H3;1H;;/q;;;;;2*-1;;+1;+2/p-1/t21-,28?;16-;18-,23?;10-;;;;;;/m1111....../s1. The van der Waals surface area contributed by atoms with Crippen molar-refractivity contribution >= 4 is 115 Å². The monoisotopic (exact) mass is 2020 g/mol. The van der Waals surface area contributed by atoms with Crippen molar-refractivity contribution in [2.75, 3.05) is 108 Å². The van der Waals surface area contributed by atoms with Gasteiger partial charge in [-0.2, -0.15) is 12.8 Å². The number of methoxy groups -OCH3 is 3. The van der Waals surface area contributed by atoms with Gasteiger partial charge in [0.15, 0.2) is 5.78 Å². The molecule has 4 heterocycles. The van der Waals surface area contributed by atoms with Crippen molar-refractivity contribution < 1.29 is 98.7 Å². The molecule has 0 aromatic heterocycles. The van der Waals surface area contributed by atoms with Crippen LogP contribution in [0.5, 0.6) is 0 Å². The zero-order valence-corrected chi connectivity index (χ0v) is 89.5. The van der Waals surface area contributed by atoms with Gasteiger partial charge in [0.1, 0.15) is 16.8 Å². The van der Waals surface area contributed by atoms with Gasteiger partial charge in [0, 0.05) is 164 Å². The van der Waals surface area contributed by atoms with E-state index in [0.717, 1.165) is 194 Å². The van der Waals surface area contributed by atoms with E-state index in [1.165, 1.54) is 18.6 Å². The number of piperidine rings is 4. The molecule has 12 rings (SSSR count). The summed E-state index contributed by atoms with van der Waals surface area (Å²) in [5, 5.41) is 31.9. The number of halogens is 6. The minimum Gasteiger partial charge on any atom is -1.00 e. The molecule has 4 aliphatic rings. The van der Waals surface area contributed by atoms with E-state index in [9.17, 15) is 34.2 Å². The van der Waals surface area contributed by atoms with Gasteiger partial charge in [0.05, 0.1) is 24.2 Å². The van der Waals surface area contributed by atoms with Crippen molar-refractivity contribution in [1.29, 1.82) is 0 Å². The van der Waals surface area contributed by atoms with Crippen LogP contribution in [0, 0.1) is 37.5 Å². The Kier molecular flexibility index (Phi) is 57.8. The number of aliphatic hydroxyl groups is 2. The molecule has 27 heteroatoms. The Balaban J connectivity index is 0.000000430. The molecule has 19 nitrogen and oxygen atoms in total. The maximum atomic E-state index is 13.3. The fourth-order valence-corrected chi connectivity index (χ4v) is 17.7. The van der Waals surface area contributed by atoms with E-state index in [-0.39, 0.29) is 108 Å². The number of nitrogens with one attached hydrogen (secondary N) is 1. The normalized spacial score (nSPS) is 16.6. The van der Waals surface area contributed by atoms with Crippen LogP contribution in [-0.2, 0) is 49.3 Å². The molecule has 3 N–H and O–H groups in total. The van der Waals surface area contributed by atoms with Crippen LogP contribution in [0.15, 0.2) is 199 Å². The van der Waals surface area contributed by atoms with Gasteiger partial charge in [0.25, 0.3) is 5.91 Å². The number of carbonyl (C=O) groups is 5. The second-order valence-electron chi connectivity index (χ2n) is 36.6. The van der Waals surface area contributed by atoms with E-state index in [4.69, 9.17) is 79.7 Å². The predicted molar refractivity (Wildman–Crippen MR) is 548 cm³/mol. The average molecular weight is 2030 g/mol. The molecule has 2 unspecified atom stereocenters. The molecule has 4 aliphatic heterocycles. The Labute approximate surface area is 869 Å². The van der Waals surface area contributed by atoms with Gasteiger partial charge in [-0.3, -0.25) is 14.4 Å². The minimum atomic E-state index is -1.12. The van der Waals surface area contributed by atoms with Crippen LogP contribution in [0.1, 0.15) is 206 Å². The molecule has 0 radical (unpaired) electrons. The molecule has 8 aromatic rings. The molecule has 6 atom stereocenters. The minimum absolute atomic E-state index is 0. The SMILES string of the molecule is CC(C)(C)OC(=O)N1CCC[C@@H](C(=O)c2ccccc2-c2ccccc2Cl)C1.COCCCCC(O)(c1ccccc1-c1ccccc1Cl)[C@@H]1CCCN(C(=O)OC(C)(C)C)C1.COCCCCC(O)(c1ccccc1-c1ccccc1Cl)[C@@H]1CCCNC1.CON(C)C(=O)[C@@H]1CCCN(C(=O)OC(C)(C)C)C1.Clc1ccccc1-c1ccccc1Br.[CH2-]CCC.[CH2-]CCCOC.[Cl-].[Li+].[Mg+2]. The maximum Gasteiger partial charge on any atom is 2.00 e. The van der Waals surface area contributed by atoms with Crippen molar-refractivity contribution in [1.82, 2.24) is 25.1 Å². The molecule has 0 aliphatic carbocycles. The number of ketones is 1. The summed E-state index contributed by atoms with van der Waals surface area (Å²) < 4.78 is 32.7. The third-order valence-corrected chi connectivity index (χ3v) is 25.0. The molecule has 0 saturated carbocycles. The summed E-state index contributed by atoms with van der Waals surface area (Å²) in [7, 11) is 8.15. The van der Waals surface area contributed by atoms with Gasteiger partial charge >= 0.3 is 60.2 Å². The van der Waals surface area contributed by atoms with Crippen molar-refractivity contribution in [3.63, 3.8) is 0 Å². The topological polar surface area (TPSA) is 215 Å². The third kappa shape index (κ3) is 40.7. The van der Waals surface area contributed by atoms with Gasteiger partial charge in [-0.1, -0.05) is 246 Å². The molecule has 4 amide bonds. The quantitative estimate of drug-likeness (QED) is 0.0115. The Morgan fingerprint density at radius 2 is 0.778 bits per heavy atom. The predicted octanol–water partition coefficient (Wildman–Crippen LogP) is 20.4. The van der Waals surface area contributed by atoms with E-state index in [2.05, 4.69) is 54.2 Å². The van der Waals surface area contributed by atoms with Crippen molar-refractivity contribution in [2.24, 2.45) is 23.7 Å². The summed E-state index contributed by atoms with van der Waals surface area (Å²) in [5.74, 6) is -0.451. The Morgan fingerprint density at radius 3 is 1.16 bits per heavy atom. The van der Waals surface area contributed by atoms with Crippen LogP contribution >= 0.6 is 62.3 Å². The van der Waals surface area contributed by atoms with Crippen LogP contribution in [0.4, 0.5) is 14.4 Å². The first-order chi connectivity index (χ1) is 62.9. The number of hydrogen-bond donors (Lipinski definition) is 3. The number of benzene rings is 8. The zero-order chi connectivity index (χ0) is 97.0. The number of unbranched alkanes of at least 4 members (excludes halogenated alkanes) is 4. The number of Topliss-reactive ketones (excluding diaryl/α,β-unsaturated/α-hetero) is 1. The summed E-state index contributed by atoms with van der Waals surface area (Å²) in [6.07, 6.45) is 15.0. The Morgan fingerprint density at radius 1 is 0.444 bits per heavy atom. The first kappa shape index (κ1) is 123. The molecule has 4 saturated heterocycles. The second-order valence-corrected chi connectivity index (χ2v) is 39.0. The summed E-state index contributed by atoms with van der Waals surface area (Å²) in [6.45, 7) is 33.2. The van der Waals surface area contributed by atoms with E-state index < -0.39 is 28.0 Å². The number of amides is 4. The van der Waals surface area contributed by atoms with Gasteiger partial charge in [-0.15, -0.1) is 0 Å². The van der Waals surface area contributed by atoms with Gasteiger partial charge in [0.2, 0.25) is 0 Å². The fourth-order valence-electron chi connectivity index (χ4n) is 16.2. The zero-order valence-electron chi connectivity index (χ0n) is 82.8. The van der Waals surface area contributed by atoms with Crippen molar-refractivity contribution in [3.8, 4) is 44.5 Å². The molecular weight excluding hydrogens is 1880 g/mol. The number of rotatable bonds is 26. The van der Waals surface area contributed by atoms with Crippen LogP contribution in [0.3, 0.4) is 0 Å². The van der Waals surface area contributed by atoms with E-state index >= 15 is 0 Å². The first-order valence-corrected chi connectivity index (χ1v) is 48.8. The molecular formula is C108H146BrCl5LiMgN5O14. The number of likely N-dealkylation sites (tertiary alicyclic amines) is 3. The summed E-state index contributed by atoms with van der Waals surface area (Å²) in [5.41, 5.74) is 6.55. The average Bonchev–Trinajstić information content (AvgIpc) is 0.770. The number of ether oxygens (including phenoxy) is 6. The summed E-state index contributed by atoms with van der Waals surface area (Å²) in [4.78, 5) is 72.5. The maximum absolute atomic E-state index is 13.3. The van der Waals surface area contributed by atoms with Crippen LogP contribution in [0.2, 0.25) is 20.1 Å². The molecule has 0 bridgehead atoms. The van der Waals surface area contributed by atoms with Crippen molar-refractivity contribution in [2.45, 2.75) is 213 Å². The summed E-state index contributed by atoms with van der Waals surface area (Å²) >= 11 is 29.1. The first-order valence-electron chi connectivity index (χ1n) is 46.5. The number of carbonyl (C=O) groups excluding carboxylic acids is 5. The largest absolute Gasteiger partial charge is 2.00 e. The smallest absolute Gasteiger partial charge is 1.00 e. The van der Waals surface area contributed by atoms with Gasteiger partial charge in [-0.25, -0.2) is 19.4 Å². The van der Waals surface area contributed by atoms with E-state index in [1.807, 2.05) is 244 Å². The number of nitrogens with zero attached hydrogens (tertiary/aromatic N) is 4. The third-order valence-electron chi connectivity index (χ3n) is 22.9. The van der Waals surface area contributed by atoms with E-state index in [0.29, 0.717) is 72.9 Å². The van der Waals surface area contributed by atoms with Crippen molar-refractivity contribution in [3.05, 3.63) is 249 Å². The molecule has 135 heavy (non-hydrogen) atoms. The van der Waals surface area contributed by atoms with Crippen LogP contribution in [0.25, 0.3) is 44.5 Å². The van der Waals surface area contributed by atoms with Crippen LogP contribution < -0.4 is 36.6 Å². The number of hydrogen-bond acceptors (Lipinski definition) is 15. The Bertz CT molecular complexity index is 4760. The molecule has 8 aromatic carbocycles. The van der Waals surface area contributed by atoms with Crippen LogP contribution in [-0.4, -0.2) is 207 Å². The van der Waals surface area contributed by atoms with Gasteiger partial charge < -0.3 is 84.9 Å². The molecule has 732 valence electrons. The summed E-state index contributed by atoms with van der Waals surface area (Å²) in [6, 6.07) is 62.7. The molecule has 4 fully saturated rings.